The molecule has 1 aromatic heterocycles. The number of aromatic amines is 1. The van der Waals surface area contributed by atoms with Crippen molar-refractivity contribution in [3.63, 3.8) is 0 Å². The number of fused-ring (bicyclic) bond motifs is 2. The summed E-state index contributed by atoms with van der Waals surface area (Å²) in [4.78, 5) is 19.0. The summed E-state index contributed by atoms with van der Waals surface area (Å²) >= 11 is 0. The van der Waals surface area contributed by atoms with Gasteiger partial charge in [-0.15, -0.1) is 0 Å². The second kappa shape index (κ2) is 6.66. The van der Waals surface area contributed by atoms with Crippen molar-refractivity contribution in [2.75, 3.05) is 13.6 Å². The molecule has 0 unspecified atom stereocenters. The van der Waals surface area contributed by atoms with Gasteiger partial charge in [0.2, 0.25) is 5.91 Å². The van der Waals surface area contributed by atoms with Gasteiger partial charge in [-0.25, -0.2) is 0 Å². The minimum Gasteiger partial charge on any atom is -0.358 e. The molecule has 0 spiro atoms. The van der Waals surface area contributed by atoms with Crippen LogP contribution in [0.2, 0.25) is 0 Å². The van der Waals surface area contributed by atoms with Crippen molar-refractivity contribution >= 4 is 16.8 Å². The van der Waals surface area contributed by atoms with Crippen LogP contribution in [0.15, 0.2) is 18.2 Å². The Morgan fingerprint density at radius 1 is 1.33 bits per heavy atom. The van der Waals surface area contributed by atoms with Crippen molar-refractivity contribution in [3.8, 4) is 0 Å². The second-order valence-corrected chi connectivity index (χ2v) is 8.99. The second-order valence-electron chi connectivity index (χ2n) is 8.99. The zero-order valence-electron chi connectivity index (χ0n) is 17.4. The highest BCUT2D eigenvalue weighted by molar-refractivity contribution is 5.89. The molecule has 1 aromatic carbocycles. The van der Waals surface area contributed by atoms with Gasteiger partial charge in [-0.05, 0) is 56.8 Å². The Morgan fingerprint density at radius 2 is 2.07 bits per heavy atom. The predicted molar refractivity (Wildman–Crippen MR) is 111 cm³/mol. The number of likely N-dealkylation sites (tertiary alicyclic amines) is 1. The van der Waals surface area contributed by atoms with Gasteiger partial charge in [0.25, 0.3) is 0 Å². The maximum Gasteiger partial charge on any atom is 0.226 e. The number of nitrogens with zero attached hydrogens (tertiary/aromatic N) is 1. The molecule has 4 nitrogen and oxygen atoms in total. The molecule has 27 heavy (non-hydrogen) atoms. The van der Waals surface area contributed by atoms with E-state index in [0.717, 1.165) is 32.2 Å². The highest BCUT2D eigenvalue weighted by Gasteiger charge is 2.41. The molecule has 1 amide bonds. The van der Waals surface area contributed by atoms with Gasteiger partial charge in [-0.3, -0.25) is 4.79 Å². The summed E-state index contributed by atoms with van der Waals surface area (Å²) < 4.78 is 0. The molecule has 0 saturated carbocycles. The van der Waals surface area contributed by atoms with E-state index in [2.05, 4.69) is 68.1 Å². The van der Waals surface area contributed by atoms with Crippen LogP contribution >= 0.6 is 0 Å². The molecule has 2 heterocycles. The van der Waals surface area contributed by atoms with Crippen LogP contribution in [-0.2, 0) is 11.2 Å². The normalized spacial score (nSPS) is 25.4. The Labute approximate surface area is 162 Å². The molecular formula is C23H33N3O. The van der Waals surface area contributed by atoms with Gasteiger partial charge in [-0.2, -0.15) is 0 Å². The summed E-state index contributed by atoms with van der Waals surface area (Å²) in [6.45, 7) is 9.45. The maximum absolute atomic E-state index is 12.9. The number of piperidine rings is 1. The molecule has 1 fully saturated rings. The average Bonchev–Trinajstić information content (AvgIpc) is 2.98. The van der Waals surface area contributed by atoms with E-state index in [9.17, 15) is 4.79 Å². The molecule has 4 rings (SSSR count). The quantitative estimate of drug-likeness (QED) is 0.853. The number of likely N-dealkylation sites (N-methyl/N-ethyl adjacent to an activating group) is 1. The summed E-state index contributed by atoms with van der Waals surface area (Å²) in [5.74, 6) is 0.700. The fraction of sp³-hybridized carbons (Fsp3) is 0.609. The lowest BCUT2D eigenvalue weighted by Crippen LogP contribution is -2.56. The zero-order chi connectivity index (χ0) is 19.3. The summed E-state index contributed by atoms with van der Waals surface area (Å²) in [6.07, 6.45) is 3.91. The highest BCUT2D eigenvalue weighted by atomic mass is 16.2. The van der Waals surface area contributed by atoms with Crippen LogP contribution in [0, 0.1) is 12.3 Å². The van der Waals surface area contributed by atoms with Gasteiger partial charge in [0, 0.05) is 46.6 Å². The number of H-pyrrole nitrogens is 1. The first-order valence-corrected chi connectivity index (χ1v) is 10.5. The van der Waals surface area contributed by atoms with Crippen LogP contribution in [0.3, 0.4) is 0 Å². The number of hydrogen-bond acceptors (Lipinski definition) is 2. The minimum atomic E-state index is -0.257. The lowest BCUT2D eigenvalue weighted by Gasteiger charge is -2.46. The van der Waals surface area contributed by atoms with Crippen LogP contribution in [0.4, 0.5) is 0 Å². The van der Waals surface area contributed by atoms with Crippen molar-refractivity contribution in [2.24, 2.45) is 5.41 Å². The average molecular weight is 368 g/mol. The van der Waals surface area contributed by atoms with Gasteiger partial charge in [-0.1, -0.05) is 32.9 Å². The molecular weight excluding hydrogens is 334 g/mol. The number of hydrogen-bond donors (Lipinski definition) is 2. The van der Waals surface area contributed by atoms with Gasteiger partial charge in [0.05, 0.1) is 0 Å². The standard InChI is InChI=1S/C23H33N3O/c1-6-23(4,7-2)22(27)25-15-11-18-16-9-8-10-19-21(16)17(14(3)24-19)12-20(18)26(5)13-15/h8-10,15,18,20,24H,6-7,11-13H2,1-5H3,(H,25,27)/t15-,18+,20+/m1/s1. The summed E-state index contributed by atoms with van der Waals surface area (Å²) in [7, 11) is 2.22. The summed E-state index contributed by atoms with van der Waals surface area (Å²) in [6, 6.07) is 7.41. The number of carbonyl (C=O) groups is 1. The molecule has 146 valence electrons. The fourth-order valence-electron chi connectivity index (χ4n) is 5.25. The first-order valence-electron chi connectivity index (χ1n) is 10.5. The van der Waals surface area contributed by atoms with Crippen molar-refractivity contribution in [1.29, 1.82) is 0 Å². The molecule has 2 aliphatic rings. The SMILES string of the molecule is CCC(C)(CC)C(=O)N[C@@H]1C[C@H]2c3cccc4[nH]c(C)c(c34)C[C@@H]2N(C)C1. The van der Waals surface area contributed by atoms with Gasteiger partial charge in [0.1, 0.15) is 0 Å². The van der Waals surface area contributed by atoms with Crippen molar-refractivity contribution in [3.05, 3.63) is 35.0 Å². The third-order valence-corrected chi connectivity index (χ3v) is 7.51. The minimum absolute atomic E-state index is 0.219. The van der Waals surface area contributed by atoms with E-state index in [1.54, 1.807) is 0 Å². The maximum atomic E-state index is 12.9. The number of amides is 1. The molecule has 2 N–H and O–H groups in total. The Bertz CT molecular complexity index is 864. The zero-order valence-corrected chi connectivity index (χ0v) is 17.4. The van der Waals surface area contributed by atoms with E-state index >= 15 is 0 Å². The fourth-order valence-corrected chi connectivity index (χ4v) is 5.25. The lowest BCUT2D eigenvalue weighted by atomic mass is 9.73. The molecule has 0 bridgehead atoms. The number of aromatic nitrogens is 1. The van der Waals surface area contributed by atoms with E-state index in [1.165, 1.54) is 27.7 Å². The van der Waals surface area contributed by atoms with E-state index in [0.29, 0.717) is 12.0 Å². The molecule has 2 aromatic rings. The smallest absolute Gasteiger partial charge is 0.226 e. The van der Waals surface area contributed by atoms with E-state index < -0.39 is 0 Å². The van der Waals surface area contributed by atoms with Crippen LogP contribution in [0.1, 0.15) is 62.8 Å². The van der Waals surface area contributed by atoms with E-state index in [4.69, 9.17) is 0 Å². The van der Waals surface area contributed by atoms with Crippen LogP contribution in [-0.4, -0.2) is 41.5 Å². The molecule has 0 radical (unpaired) electrons. The molecule has 1 aliphatic heterocycles. The van der Waals surface area contributed by atoms with Crippen molar-refractivity contribution in [1.82, 2.24) is 15.2 Å². The molecule has 1 saturated heterocycles. The van der Waals surface area contributed by atoms with Gasteiger partial charge < -0.3 is 15.2 Å². The van der Waals surface area contributed by atoms with Gasteiger partial charge in [0.15, 0.2) is 0 Å². The molecule has 3 atom stereocenters. The third-order valence-electron chi connectivity index (χ3n) is 7.51. The van der Waals surface area contributed by atoms with E-state index in [1.807, 2.05) is 0 Å². The summed E-state index contributed by atoms with van der Waals surface area (Å²) in [5, 5.41) is 4.83. The summed E-state index contributed by atoms with van der Waals surface area (Å²) in [5.41, 5.74) is 5.26. The lowest BCUT2D eigenvalue weighted by molar-refractivity contribution is -0.131. The number of nitrogens with one attached hydrogen (secondary N) is 2. The van der Waals surface area contributed by atoms with Crippen LogP contribution < -0.4 is 5.32 Å². The molecule has 1 aliphatic carbocycles. The Hall–Kier alpha value is -1.81. The monoisotopic (exact) mass is 367 g/mol. The number of carbonyl (C=O) groups excluding carboxylic acids is 1. The highest BCUT2D eigenvalue weighted by Crippen LogP contribution is 2.44. The van der Waals surface area contributed by atoms with Crippen molar-refractivity contribution < 1.29 is 4.79 Å². The predicted octanol–water partition coefficient (Wildman–Crippen LogP) is 4.13. The molecule has 4 heteroatoms. The first-order chi connectivity index (χ1) is 12.9. The van der Waals surface area contributed by atoms with Gasteiger partial charge >= 0.3 is 0 Å². The Kier molecular flexibility index (Phi) is 4.58. The Morgan fingerprint density at radius 3 is 2.78 bits per heavy atom. The number of benzene rings is 1. The largest absolute Gasteiger partial charge is 0.358 e. The Balaban J connectivity index is 1.63. The van der Waals surface area contributed by atoms with Crippen LogP contribution in [0.25, 0.3) is 10.9 Å². The number of aryl methyl sites for hydroxylation is 1. The number of rotatable bonds is 4. The first kappa shape index (κ1) is 18.5. The topological polar surface area (TPSA) is 48.1 Å². The van der Waals surface area contributed by atoms with E-state index in [-0.39, 0.29) is 17.4 Å². The third kappa shape index (κ3) is 2.89. The van der Waals surface area contributed by atoms with Crippen LogP contribution in [0.5, 0.6) is 0 Å². The van der Waals surface area contributed by atoms with Crippen molar-refractivity contribution in [2.45, 2.75) is 71.4 Å².